The first-order valence-corrected chi connectivity index (χ1v) is 13.4. The molecule has 11 atom stereocenters. The van der Waals surface area contributed by atoms with Crippen molar-refractivity contribution in [2.75, 3.05) is 13.7 Å². The van der Waals surface area contributed by atoms with Crippen LogP contribution in [0.25, 0.3) is 0 Å². The maximum atomic E-state index is 12.9. The van der Waals surface area contributed by atoms with Gasteiger partial charge in [0.2, 0.25) is 6.29 Å². The monoisotopic (exact) mass is 594 g/mol. The Balaban J connectivity index is 1.29. The Hall–Kier alpha value is -3.05. The Morgan fingerprint density at radius 3 is 2.19 bits per heavy atom. The number of carbonyl (C=O) groups excluding carboxylic acids is 1. The molecule has 1 unspecified atom stereocenters. The number of benzene rings is 2. The van der Waals surface area contributed by atoms with E-state index in [1.165, 1.54) is 20.1 Å². The molecule has 14 nitrogen and oxygen atoms in total. The zero-order chi connectivity index (χ0) is 30.3. The van der Waals surface area contributed by atoms with Crippen LogP contribution in [0, 0.1) is 0 Å². The van der Waals surface area contributed by atoms with Gasteiger partial charge in [-0.05, 0) is 24.6 Å². The molecule has 2 aromatic rings. The molecule has 0 spiro atoms. The Kier molecular flexibility index (Phi) is 8.89. The van der Waals surface area contributed by atoms with Crippen molar-refractivity contribution in [3.05, 3.63) is 47.5 Å². The lowest BCUT2D eigenvalue weighted by Gasteiger charge is -2.42. The third-order valence-electron chi connectivity index (χ3n) is 7.62. The molecule has 0 saturated carbocycles. The van der Waals surface area contributed by atoms with Crippen LogP contribution in [0.5, 0.6) is 23.0 Å². The highest BCUT2D eigenvalue weighted by atomic mass is 16.7. The van der Waals surface area contributed by atoms with E-state index in [9.17, 15) is 40.5 Å². The zero-order valence-corrected chi connectivity index (χ0v) is 22.7. The van der Waals surface area contributed by atoms with E-state index < -0.39 is 79.9 Å². The van der Waals surface area contributed by atoms with Gasteiger partial charge in [0.1, 0.15) is 77.4 Å². The Morgan fingerprint density at radius 2 is 1.50 bits per heavy atom. The van der Waals surface area contributed by atoms with Gasteiger partial charge in [0.25, 0.3) is 0 Å². The summed E-state index contributed by atoms with van der Waals surface area (Å²) in [6.07, 6.45) is -15.4. The van der Waals surface area contributed by atoms with Crippen LogP contribution in [-0.2, 0) is 14.2 Å². The molecule has 0 amide bonds. The molecule has 5 rings (SSSR count). The van der Waals surface area contributed by atoms with E-state index in [1.54, 1.807) is 24.3 Å². The fraction of sp³-hybridized carbons (Fsp3) is 0.536. The van der Waals surface area contributed by atoms with E-state index in [0.717, 1.165) is 6.07 Å². The van der Waals surface area contributed by atoms with Crippen molar-refractivity contribution in [3.63, 3.8) is 0 Å². The van der Waals surface area contributed by atoms with Crippen molar-refractivity contribution in [2.24, 2.45) is 0 Å². The first-order valence-electron chi connectivity index (χ1n) is 13.4. The topological polar surface area (TPSA) is 214 Å². The number of ether oxygens (including phenoxy) is 6. The van der Waals surface area contributed by atoms with Gasteiger partial charge >= 0.3 is 0 Å². The molecule has 0 aliphatic carbocycles. The molecule has 230 valence electrons. The van der Waals surface area contributed by atoms with Gasteiger partial charge in [0.05, 0.1) is 26.2 Å². The lowest BCUT2D eigenvalue weighted by Crippen LogP contribution is -2.61. The summed E-state index contributed by atoms with van der Waals surface area (Å²) < 4.78 is 33.4. The summed E-state index contributed by atoms with van der Waals surface area (Å²) in [7, 11) is 1.53. The van der Waals surface area contributed by atoms with Gasteiger partial charge in [-0.1, -0.05) is 12.1 Å². The number of ketones is 1. The van der Waals surface area contributed by atoms with Gasteiger partial charge in [0.15, 0.2) is 12.1 Å². The summed E-state index contributed by atoms with van der Waals surface area (Å²) in [5.74, 6) is -0.190. The highest BCUT2D eigenvalue weighted by molar-refractivity contribution is 6.02. The highest BCUT2D eigenvalue weighted by Crippen LogP contribution is 2.42. The van der Waals surface area contributed by atoms with E-state index in [2.05, 4.69) is 0 Å². The van der Waals surface area contributed by atoms with Crippen LogP contribution in [0.3, 0.4) is 0 Å². The first kappa shape index (κ1) is 30.4. The average Bonchev–Trinajstić information content (AvgIpc) is 2.97. The zero-order valence-electron chi connectivity index (χ0n) is 22.7. The summed E-state index contributed by atoms with van der Waals surface area (Å²) in [6, 6.07) is 9.43. The van der Waals surface area contributed by atoms with Crippen LogP contribution in [0.15, 0.2) is 36.4 Å². The molecule has 3 aliphatic heterocycles. The minimum atomic E-state index is -1.75. The SMILES string of the molecule is COc1ccc(C2CC(=O)c3c(O)cc(O[C@@H]4O[C@H](CO[C@@H]5O[C@@H](C)[C@H](O)[C@@H](O)[C@H]5O)[C@@H](O)[C@H](O)[C@H]4O)cc3O2)cc1. The molecular formula is C28H34O14. The third-order valence-corrected chi connectivity index (χ3v) is 7.62. The van der Waals surface area contributed by atoms with Crippen molar-refractivity contribution >= 4 is 5.78 Å². The van der Waals surface area contributed by atoms with E-state index in [-0.39, 0.29) is 29.3 Å². The molecule has 3 heterocycles. The van der Waals surface area contributed by atoms with Gasteiger partial charge in [-0.25, -0.2) is 0 Å². The van der Waals surface area contributed by atoms with E-state index >= 15 is 0 Å². The van der Waals surface area contributed by atoms with Gasteiger partial charge in [-0.3, -0.25) is 4.79 Å². The van der Waals surface area contributed by atoms with Gasteiger partial charge < -0.3 is 64.2 Å². The van der Waals surface area contributed by atoms with Crippen LogP contribution in [0.1, 0.15) is 35.4 Å². The normalized spacial score (nSPS) is 36.6. The number of phenols is 1. The van der Waals surface area contributed by atoms with Crippen molar-refractivity contribution in [3.8, 4) is 23.0 Å². The molecule has 2 aromatic carbocycles. The highest BCUT2D eigenvalue weighted by Gasteiger charge is 2.47. The average molecular weight is 595 g/mol. The maximum Gasteiger partial charge on any atom is 0.229 e. The predicted octanol–water partition coefficient (Wildman–Crippen LogP) is -0.862. The Morgan fingerprint density at radius 1 is 0.833 bits per heavy atom. The van der Waals surface area contributed by atoms with E-state index in [1.807, 2.05) is 0 Å². The Labute approximate surface area is 240 Å². The quantitative estimate of drug-likeness (QED) is 0.208. The number of aliphatic hydroxyl groups excluding tert-OH is 6. The van der Waals surface area contributed by atoms with E-state index in [0.29, 0.717) is 11.3 Å². The van der Waals surface area contributed by atoms with E-state index in [4.69, 9.17) is 28.4 Å². The van der Waals surface area contributed by atoms with Crippen LogP contribution in [0.4, 0.5) is 0 Å². The second-order valence-corrected chi connectivity index (χ2v) is 10.5. The van der Waals surface area contributed by atoms with Crippen molar-refractivity contribution in [2.45, 2.75) is 80.9 Å². The fourth-order valence-corrected chi connectivity index (χ4v) is 5.11. The second-order valence-electron chi connectivity index (χ2n) is 10.5. The number of methoxy groups -OCH3 is 1. The molecule has 0 aromatic heterocycles. The largest absolute Gasteiger partial charge is 0.507 e. The lowest BCUT2D eigenvalue weighted by molar-refractivity contribution is -0.318. The number of carbonyl (C=O) groups is 1. The molecule has 14 heteroatoms. The number of phenolic OH excluding ortho intramolecular Hbond substituents is 1. The summed E-state index contributed by atoms with van der Waals surface area (Å²) in [6.45, 7) is 0.995. The van der Waals surface area contributed by atoms with Crippen LogP contribution in [0.2, 0.25) is 0 Å². The number of hydrogen-bond acceptors (Lipinski definition) is 14. The molecule has 2 fully saturated rings. The summed E-state index contributed by atoms with van der Waals surface area (Å²) in [5, 5.41) is 72.1. The summed E-state index contributed by atoms with van der Waals surface area (Å²) >= 11 is 0. The number of Topliss-reactive ketones (excluding diaryl/α,β-unsaturated/α-hetero) is 1. The number of aliphatic hydroxyl groups is 6. The number of fused-ring (bicyclic) bond motifs is 1. The van der Waals surface area contributed by atoms with Crippen molar-refractivity contribution in [1.82, 2.24) is 0 Å². The Bertz CT molecular complexity index is 1250. The molecule has 0 bridgehead atoms. The maximum absolute atomic E-state index is 12.9. The van der Waals surface area contributed by atoms with Crippen molar-refractivity contribution < 1.29 is 69.0 Å². The van der Waals surface area contributed by atoms with Crippen LogP contribution in [-0.4, -0.2) is 117 Å². The van der Waals surface area contributed by atoms with Crippen LogP contribution < -0.4 is 14.2 Å². The molecule has 7 N–H and O–H groups in total. The second kappa shape index (κ2) is 12.3. The predicted molar refractivity (Wildman–Crippen MR) is 139 cm³/mol. The summed E-state index contributed by atoms with van der Waals surface area (Å²) in [4.78, 5) is 12.9. The number of hydrogen-bond donors (Lipinski definition) is 7. The smallest absolute Gasteiger partial charge is 0.229 e. The lowest BCUT2D eigenvalue weighted by atomic mass is 9.95. The molecule has 0 radical (unpaired) electrons. The molecule has 3 aliphatic rings. The van der Waals surface area contributed by atoms with Gasteiger partial charge in [0, 0.05) is 12.1 Å². The molecule has 2 saturated heterocycles. The summed E-state index contributed by atoms with van der Waals surface area (Å²) in [5.41, 5.74) is 0.668. The standard InChI is InChI=1S/C28H34O14/c1-11-21(31)23(33)25(35)27(39-11)38-10-19-22(32)24(34)26(36)28(42-19)40-14-7-15(29)20-16(30)9-17(41-18(20)8-14)12-3-5-13(37-2)6-4-12/h3-8,11,17,19,21-29,31-36H,9-10H2,1-2H3/t11-,17?,19+,21-,22+,23+,24-,25+,26+,27+,28+/m0/s1. The first-order chi connectivity index (χ1) is 20.0. The van der Waals surface area contributed by atoms with Crippen molar-refractivity contribution in [1.29, 1.82) is 0 Å². The fourth-order valence-electron chi connectivity index (χ4n) is 5.11. The van der Waals surface area contributed by atoms with Crippen LogP contribution >= 0.6 is 0 Å². The minimum absolute atomic E-state index is 0.0164. The van der Waals surface area contributed by atoms with Gasteiger partial charge in [-0.2, -0.15) is 0 Å². The molecule has 42 heavy (non-hydrogen) atoms. The molecular weight excluding hydrogens is 560 g/mol. The number of aromatic hydroxyl groups is 1. The number of rotatable bonds is 7. The minimum Gasteiger partial charge on any atom is -0.507 e. The third kappa shape index (κ3) is 5.90. The van der Waals surface area contributed by atoms with Gasteiger partial charge in [-0.15, -0.1) is 0 Å².